The van der Waals surface area contributed by atoms with E-state index in [1.165, 1.54) is 0 Å². The number of halogens is 4. The second kappa shape index (κ2) is 7.97. The number of rotatable bonds is 7. The van der Waals surface area contributed by atoms with E-state index in [9.17, 15) is 8.78 Å². The third-order valence-electron chi connectivity index (χ3n) is 2.00. The fraction of sp³-hybridized carbons (Fsp3) is 0.455. The Balaban J connectivity index is 2.18. The van der Waals surface area contributed by atoms with Gasteiger partial charge in [-0.3, -0.25) is 0 Å². The normalized spacial score (nSPS) is 11.1. The van der Waals surface area contributed by atoms with Crippen LogP contribution in [0.25, 0.3) is 0 Å². The summed E-state index contributed by atoms with van der Waals surface area (Å²) in [5.74, 6) is 0. The van der Waals surface area contributed by atoms with Gasteiger partial charge in [-0.15, -0.1) is 0 Å². The van der Waals surface area contributed by atoms with E-state index >= 15 is 0 Å². The van der Waals surface area contributed by atoms with Crippen molar-refractivity contribution in [2.75, 3.05) is 19.8 Å². The van der Waals surface area contributed by atoms with Gasteiger partial charge in [-0.25, -0.2) is 8.78 Å². The number of hydrogen-bond donors (Lipinski definition) is 1. The van der Waals surface area contributed by atoms with Crippen molar-refractivity contribution in [2.45, 2.75) is 13.0 Å². The van der Waals surface area contributed by atoms with Crippen molar-refractivity contribution in [1.29, 1.82) is 0 Å². The molecule has 0 amide bonds. The monoisotopic (exact) mass is 327 g/mol. The van der Waals surface area contributed by atoms with E-state index in [1.54, 1.807) is 6.07 Å². The van der Waals surface area contributed by atoms with Gasteiger partial charge in [-0.2, -0.15) is 0 Å². The zero-order valence-corrected chi connectivity index (χ0v) is 11.4. The fourth-order valence-electron chi connectivity index (χ4n) is 1.20. The van der Waals surface area contributed by atoms with E-state index in [1.807, 2.05) is 12.1 Å². The summed E-state index contributed by atoms with van der Waals surface area (Å²) in [4.78, 5) is 0. The summed E-state index contributed by atoms with van der Waals surface area (Å²) in [7, 11) is 0. The molecule has 0 heterocycles. The smallest absolute Gasteiger partial charge is 0.261 e. The lowest BCUT2D eigenvalue weighted by Crippen LogP contribution is -2.20. The maximum Gasteiger partial charge on any atom is 0.261 e. The first-order valence-corrected chi connectivity index (χ1v) is 6.27. The number of alkyl halides is 2. The second-order valence-corrected chi connectivity index (χ2v) is 4.67. The largest absolute Gasteiger partial charge is 0.374 e. The maximum absolute atomic E-state index is 11.7. The average Bonchev–Trinajstić information content (AvgIpc) is 2.25. The summed E-state index contributed by atoms with van der Waals surface area (Å²) in [6.07, 6.45) is -2.40. The molecule has 1 N–H and O–H groups in total. The Morgan fingerprint density at radius 1 is 1.41 bits per heavy atom. The molecule has 0 atom stereocenters. The molecule has 0 aliphatic carbocycles. The standard InChI is InChI=1S/C11H13BrClF2NO/c12-10-5-9(13)2-1-8(10)6-16-3-4-17-7-11(14)15/h1-2,5,11,16H,3-4,6-7H2. The molecule has 0 bridgehead atoms. The van der Waals surface area contributed by atoms with Crippen LogP contribution in [0.5, 0.6) is 0 Å². The predicted molar refractivity (Wildman–Crippen MR) is 67.7 cm³/mol. The van der Waals surface area contributed by atoms with Crippen LogP contribution in [0, 0.1) is 0 Å². The summed E-state index contributed by atoms with van der Waals surface area (Å²) in [6.45, 7) is 0.930. The highest BCUT2D eigenvalue weighted by atomic mass is 79.9. The van der Waals surface area contributed by atoms with Crippen LogP contribution in [0.3, 0.4) is 0 Å². The second-order valence-electron chi connectivity index (χ2n) is 3.38. The first-order valence-electron chi connectivity index (χ1n) is 5.10. The van der Waals surface area contributed by atoms with E-state index in [2.05, 4.69) is 21.2 Å². The predicted octanol–water partition coefficient (Wildman–Crippen LogP) is 3.47. The third kappa shape index (κ3) is 6.31. The van der Waals surface area contributed by atoms with E-state index in [0.29, 0.717) is 18.1 Å². The molecular formula is C11H13BrClF2NO. The van der Waals surface area contributed by atoms with Crippen LogP contribution in [0.1, 0.15) is 5.56 Å². The molecule has 1 aromatic rings. The van der Waals surface area contributed by atoms with Gasteiger partial charge in [0.15, 0.2) is 0 Å². The summed E-state index contributed by atoms with van der Waals surface area (Å²) in [5.41, 5.74) is 1.06. The van der Waals surface area contributed by atoms with Crippen molar-refractivity contribution in [3.63, 3.8) is 0 Å². The van der Waals surface area contributed by atoms with E-state index in [0.717, 1.165) is 10.0 Å². The maximum atomic E-state index is 11.7. The molecule has 96 valence electrons. The Hall–Kier alpha value is -0.230. The highest BCUT2D eigenvalue weighted by Crippen LogP contribution is 2.21. The fourth-order valence-corrected chi connectivity index (χ4v) is 2.03. The zero-order chi connectivity index (χ0) is 12.7. The Kier molecular flexibility index (Phi) is 6.96. The minimum Gasteiger partial charge on any atom is -0.374 e. The molecule has 0 saturated carbocycles. The average molecular weight is 329 g/mol. The SMILES string of the molecule is FC(F)COCCNCc1ccc(Cl)cc1Br. The summed E-state index contributed by atoms with van der Waals surface area (Å²) < 4.78 is 29.1. The Morgan fingerprint density at radius 3 is 2.82 bits per heavy atom. The van der Waals surface area contributed by atoms with Crippen molar-refractivity contribution in [3.05, 3.63) is 33.3 Å². The van der Waals surface area contributed by atoms with Crippen LogP contribution in [0.15, 0.2) is 22.7 Å². The van der Waals surface area contributed by atoms with E-state index in [4.69, 9.17) is 16.3 Å². The number of ether oxygens (including phenoxy) is 1. The van der Waals surface area contributed by atoms with E-state index in [-0.39, 0.29) is 6.61 Å². The Bertz CT molecular complexity index is 352. The topological polar surface area (TPSA) is 21.3 Å². The van der Waals surface area contributed by atoms with Gasteiger partial charge in [0.2, 0.25) is 0 Å². The van der Waals surface area contributed by atoms with Crippen LogP contribution in [0.4, 0.5) is 8.78 Å². The van der Waals surface area contributed by atoms with E-state index < -0.39 is 13.0 Å². The molecule has 0 unspecified atom stereocenters. The van der Waals surface area contributed by atoms with Crippen LogP contribution in [0.2, 0.25) is 5.02 Å². The Morgan fingerprint density at radius 2 is 2.18 bits per heavy atom. The van der Waals surface area contributed by atoms with Crippen molar-refractivity contribution < 1.29 is 13.5 Å². The molecule has 0 aliphatic rings. The number of nitrogens with one attached hydrogen (secondary N) is 1. The van der Waals surface area contributed by atoms with Gasteiger partial charge in [0.1, 0.15) is 6.61 Å². The minimum absolute atomic E-state index is 0.273. The molecule has 0 saturated heterocycles. The van der Waals surface area contributed by atoms with Crippen LogP contribution in [-0.4, -0.2) is 26.2 Å². The lowest BCUT2D eigenvalue weighted by Gasteiger charge is -2.07. The highest BCUT2D eigenvalue weighted by Gasteiger charge is 2.02. The zero-order valence-electron chi connectivity index (χ0n) is 9.06. The Labute approximate surface area is 112 Å². The van der Waals surface area contributed by atoms with Gasteiger partial charge in [0, 0.05) is 22.6 Å². The number of hydrogen-bond acceptors (Lipinski definition) is 2. The van der Waals surface area contributed by atoms with Gasteiger partial charge >= 0.3 is 0 Å². The molecule has 0 aliphatic heterocycles. The van der Waals surface area contributed by atoms with Crippen molar-refractivity contribution in [1.82, 2.24) is 5.32 Å². The minimum atomic E-state index is -2.40. The molecular weight excluding hydrogens is 315 g/mol. The molecule has 0 fully saturated rings. The summed E-state index contributed by atoms with van der Waals surface area (Å²) in [6, 6.07) is 5.52. The number of benzene rings is 1. The van der Waals surface area contributed by atoms with Gasteiger partial charge in [0.25, 0.3) is 6.43 Å². The van der Waals surface area contributed by atoms with Crippen LogP contribution < -0.4 is 5.32 Å². The van der Waals surface area contributed by atoms with Gasteiger partial charge in [-0.05, 0) is 17.7 Å². The molecule has 0 spiro atoms. The molecule has 1 rings (SSSR count). The summed E-state index contributed by atoms with van der Waals surface area (Å²) >= 11 is 9.20. The lowest BCUT2D eigenvalue weighted by molar-refractivity contribution is 0.0187. The van der Waals surface area contributed by atoms with Crippen LogP contribution in [-0.2, 0) is 11.3 Å². The molecule has 0 aromatic heterocycles. The van der Waals surface area contributed by atoms with Gasteiger partial charge < -0.3 is 10.1 Å². The third-order valence-corrected chi connectivity index (χ3v) is 2.97. The van der Waals surface area contributed by atoms with Crippen molar-refractivity contribution >= 4 is 27.5 Å². The van der Waals surface area contributed by atoms with Crippen LogP contribution >= 0.6 is 27.5 Å². The molecule has 1 aromatic carbocycles. The summed E-state index contributed by atoms with van der Waals surface area (Å²) in [5, 5.41) is 3.76. The molecule has 2 nitrogen and oxygen atoms in total. The van der Waals surface area contributed by atoms with Crippen molar-refractivity contribution in [2.24, 2.45) is 0 Å². The van der Waals surface area contributed by atoms with Crippen molar-refractivity contribution in [3.8, 4) is 0 Å². The molecule has 6 heteroatoms. The molecule has 0 radical (unpaired) electrons. The molecule has 17 heavy (non-hydrogen) atoms. The first-order chi connectivity index (χ1) is 8.09. The quantitative estimate of drug-likeness (QED) is 0.774. The van der Waals surface area contributed by atoms with Gasteiger partial charge in [-0.1, -0.05) is 33.6 Å². The first kappa shape index (κ1) is 14.8. The van der Waals surface area contributed by atoms with Gasteiger partial charge in [0.05, 0.1) is 6.61 Å². The lowest BCUT2D eigenvalue weighted by atomic mass is 10.2. The highest BCUT2D eigenvalue weighted by molar-refractivity contribution is 9.10.